The van der Waals surface area contributed by atoms with Gasteiger partial charge in [-0.2, -0.15) is 0 Å². The Morgan fingerprint density at radius 1 is 1.38 bits per heavy atom. The summed E-state index contributed by atoms with van der Waals surface area (Å²) in [5, 5.41) is 10.2. The molecule has 0 saturated carbocycles. The summed E-state index contributed by atoms with van der Waals surface area (Å²) in [6.45, 7) is 0. The van der Waals surface area contributed by atoms with E-state index >= 15 is 0 Å². The van der Waals surface area contributed by atoms with Gasteiger partial charge >= 0.3 is 0 Å². The Hall–Kier alpha value is -1.27. The lowest BCUT2D eigenvalue weighted by Crippen LogP contribution is -1.93. The molecule has 0 fully saturated rings. The number of hydrogen-bond acceptors (Lipinski definition) is 3. The van der Waals surface area contributed by atoms with E-state index in [1.165, 1.54) is 24.3 Å². The van der Waals surface area contributed by atoms with Crippen LogP contribution in [0.1, 0.15) is 5.56 Å². The van der Waals surface area contributed by atoms with Crippen molar-refractivity contribution < 1.29 is 13.7 Å². The van der Waals surface area contributed by atoms with Crippen LogP contribution in [0.2, 0.25) is 0 Å². The molecule has 0 radical (unpaired) electrons. The SMILES string of the molecule is O=[N+]([O-])c1ccc(CS(=O)O)cc1. The minimum absolute atomic E-state index is 0.00199. The van der Waals surface area contributed by atoms with Gasteiger partial charge in [0, 0.05) is 12.1 Å². The highest BCUT2D eigenvalue weighted by molar-refractivity contribution is 7.78. The molecular weight excluding hydrogens is 194 g/mol. The van der Waals surface area contributed by atoms with Crippen molar-refractivity contribution in [3.8, 4) is 0 Å². The molecule has 1 rings (SSSR count). The lowest BCUT2D eigenvalue weighted by molar-refractivity contribution is -0.384. The Kier molecular flexibility index (Phi) is 3.10. The van der Waals surface area contributed by atoms with Gasteiger partial charge in [0.25, 0.3) is 5.69 Å². The highest BCUT2D eigenvalue weighted by Crippen LogP contribution is 2.12. The average Bonchev–Trinajstić information content (AvgIpc) is 2.04. The molecule has 5 nitrogen and oxygen atoms in total. The molecule has 0 saturated heterocycles. The second-order valence-corrected chi connectivity index (χ2v) is 3.32. The Bertz CT molecular complexity index is 335. The molecule has 0 bridgehead atoms. The summed E-state index contributed by atoms with van der Waals surface area (Å²) >= 11 is -1.90. The van der Waals surface area contributed by atoms with E-state index in [-0.39, 0.29) is 11.4 Å². The van der Waals surface area contributed by atoms with Crippen LogP contribution in [0.5, 0.6) is 0 Å². The topological polar surface area (TPSA) is 80.4 Å². The van der Waals surface area contributed by atoms with E-state index in [9.17, 15) is 14.3 Å². The predicted octanol–water partition coefficient (Wildman–Crippen LogP) is 1.32. The smallest absolute Gasteiger partial charge is 0.269 e. The normalized spacial score (nSPS) is 12.4. The molecule has 1 aromatic carbocycles. The largest absolute Gasteiger partial charge is 0.306 e. The van der Waals surface area contributed by atoms with Crippen LogP contribution in [0, 0.1) is 10.1 Å². The number of non-ortho nitro benzene ring substituents is 1. The monoisotopic (exact) mass is 201 g/mol. The first kappa shape index (κ1) is 9.82. The van der Waals surface area contributed by atoms with Crippen LogP contribution >= 0.6 is 0 Å². The maximum atomic E-state index is 10.4. The average molecular weight is 201 g/mol. The van der Waals surface area contributed by atoms with Crippen molar-refractivity contribution in [3.63, 3.8) is 0 Å². The van der Waals surface area contributed by atoms with Crippen LogP contribution in [0.4, 0.5) is 5.69 Å². The number of hydrogen-bond donors (Lipinski definition) is 1. The molecule has 0 spiro atoms. The van der Waals surface area contributed by atoms with Crippen LogP contribution in [-0.4, -0.2) is 13.7 Å². The molecule has 0 aliphatic heterocycles. The first-order chi connectivity index (χ1) is 6.09. The van der Waals surface area contributed by atoms with Crippen molar-refractivity contribution >= 4 is 16.8 Å². The maximum Gasteiger partial charge on any atom is 0.269 e. The zero-order chi connectivity index (χ0) is 9.84. The predicted molar refractivity (Wildman–Crippen MR) is 47.6 cm³/mol. The van der Waals surface area contributed by atoms with Crippen molar-refractivity contribution in [1.82, 2.24) is 0 Å². The molecule has 1 N–H and O–H groups in total. The number of nitro benzene ring substituents is 1. The van der Waals surface area contributed by atoms with Crippen molar-refractivity contribution in [2.24, 2.45) is 0 Å². The van der Waals surface area contributed by atoms with Crippen molar-refractivity contribution in [2.75, 3.05) is 0 Å². The number of rotatable bonds is 3. The van der Waals surface area contributed by atoms with E-state index < -0.39 is 16.0 Å². The van der Waals surface area contributed by atoms with Crippen LogP contribution in [0.15, 0.2) is 24.3 Å². The lowest BCUT2D eigenvalue weighted by atomic mass is 10.2. The third-order valence-electron chi connectivity index (χ3n) is 1.44. The van der Waals surface area contributed by atoms with Crippen LogP contribution in [0.3, 0.4) is 0 Å². The van der Waals surface area contributed by atoms with E-state index in [1.54, 1.807) is 0 Å². The Labute approximate surface area is 76.8 Å². The van der Waals surface area contributed by atoms with Crippen LogP contribution in [-0.2, 0) is 16.8 Å². The summed E-state index contributed by atoms with van der Waals surface area (Å²) in [6, 6.07) is 5.54. The molecule has 13 heavy (non-hydrogen) atoms. The fourth-order valence-electron chi connectivity index (χ4n) is 0.856. The summed E-state index contributed by atoms with van der Waals surface area (Å²) < 4.78 is 18.9. The zero-order valence-corrected chi connectivity index (χ0v) is 7.36. The molecule has 0 heterocycles. The van der Waals surface area contributed by atoms with Crippen molar-refractivity contribution in [2.45, 2.75) is 5.75 Å². The molecular formula is C7H7NO4S. The van der Waals surface area contributed by atoms with Crippen LogP contribution in [0.25, 0.3) is 0 Å². The quantitative estimate of drug-likeness (QED) is 0.454. The molecule has 0 aliphatic carbocycles. The van der Waals surface area contributed by atoms with E-state index in [1.807, 2.05) is 0 Å². The molecule has 0 aromatic heterocycles. The summed E-state index contributed by atoms with van der Waals surface area (Å²) in [5.41, 5.74) is 0.582. The minimum atomic E-state index is -1.90. The van der Waals surface area contributed by atoms with Gasteiger partial charge in [-0.1, -0.05) is 12.1 Å². The molecule has 1 atom stereocenters. The molecule has 0 amide bonds. The van der Waals surface area contributed by atoms with Crippen molar-refractivity contribution in [1.29, 1.82) is 0 Å². The summed E-state index contributed by atoms with van der Waals surface area (Å²) in [4.78, 5) is 9.72. The van der Waals surface area contributed by atoms with Gasteiger partial charge in [-0.3, -0.25) is 10.1 Å². The van der Waals surface area contributed by atoms with Crippen molar-refractivity contribution in [3.05, 3.63) is 39.9 Å². The standard InChI is InChI=1S/C7H7NO4S/c9-8(10)7-3-1-6(2-4-7)5-13(11)12/h1-4H,5H2,(H,11,12). The van der Waals surface area contributed by atoms with E-state index in [0.29, 0.717) is 5.56 Å². The van der Waals surface area contributed by atoms with Gasteiger partial charge in [-0.25, -0.2) is 4.21 Å². The first-order valence-corrected chi connectivity index (χ1v) is 4.68. The van der Waals surface area contributed by atoms with Gasteiger partial charge < -0.3 is 4.55 Å². The number of nitrogens with zero attached hydrogens (tertiary/aromatic N) is 1. The number of nitro groups is 1. The lowest BCUT2D eigenvalue weighted by Gasteiger charge is -1.95. The number of benzene rings is 1. The summed E-state index contributed by atoms with van der Waals surface area (Å²) in [7, 11) is 0. The fraction of sp³-hybridized carbons (Fsp3) is 0.143. The zero-order valence-electron chi connectivity index (χ0n) is 6.54. The second-order valence-electron chi connectivity index (χ2n) is 2.39. The molecule has 1 aromatic rings. The van der Waals surface area contributed by atoms with Gasteiger partial charge in [-0.05, 0) is 5.56 Å². The Morgan fingerprint density at radius 2 is 1.92 bits per heavy atom. The fourth-order valence-corrected chi connectivity index (χ4v) is 1.33. The van der Waals surface area contributed by atoms with Gasteiger partial charge in [0.1, 0.15) is 0 Å². The van der Waals surface area contributed by atoms with Gasteiger partial charge in [0.2, 0.25) is 0 Å². The van der Waals surface area contributed by atoms with E-state index in [4.69, 9.17) is 4.55 Å². The highest BCUT2D eigenvalue weighted by Gasteiger charge is 2.04. The highest BCUT2D eigenvalue weighted by atomic mass is 32.2. The third kappa shape index (κ3) is 2.92. The first-order valence-electron chi connectivity index (χ1n) is 3.40. The van der Waals surface area contributed by atoms with Gasteiger partial charge in [0.05, 0.1) is 10.7 Å². The van der Waals surface area contributed by atoms with Gasteiger partial charge in [-0.15, -0.1) is 0 Å². The minimum Gasteiger partial charge on any atom is -0.306 e. The molecule has 70 valence electrons. The Balaban J connectivity index is 2.81. The Morgan fingerprint density at radius 3 is 2.31 bits per heavy atom. The van der Waals surface area contributed by atoms with Gasteiger partial charge in [0.15, 0.2) is 11.1 Å². The molecule has 1 unspecified atom stereocenters. The van der Waals surface area contributed by atoms with E-state index in [2.05, 4.69) is 0 Å². The summed E-state index contributed by atoms with van der Waals surface area (Å²) in [5.74, 6) is -0.00199. The molecule has 6 heteroatoms. The summed E-state index contributed by atoms with van der Waals surface area (Å²) in [6.07, 6.45) is 0. The maximum absolute atomic E-state index is 10.4. The third-order valence-corrected chi connectivity index (χ3v) is 2.02. The second kappa shape index (κ2) is 4.11. The van der Waals surface area contributed by atoms with E-state index in [0.717, 1.165) is 0 Å². The molecule has 0 aliphatic rings. The van der Waals surface area contributed by atoms with Crippen LogP contribution < -0.4 is 0 Å².